The van der Waals surface area contributed by atoms with Gasteiger partial charge in [-0.3, -0.25) is 0 Å². The molecule has 0 N–H and O–H groups in total. The summed E-state index contributed by atoms with van der Waals surface area (Å²) in [7, 11) is -1.05. The molecule has 0 heterocycles. The van der Waals surface area contributed by atoms with Gasteiger partial charge in [-0.1, -0.05) is 24.7 Å². The second-order valence-corrected chi connectivity index (χ2v) is 8.34. The third-order valence-corrected chi connectivity index (χ3v) is 6.16. The normalized spacial score (nSPS) is 9.38. The maximum atomic E-state index is 3.90. The summed E-state index contributed by atoms with van der Waals surface area (Å²) in [5, 5.41) is 0. The van der Waals surface area contributed by atoms with Crippen LogP contribution in [0, 0.1) is 6.92 Å². The van der Waals surface area contributed by atoms with Gasteiger partial charge in [0.2, 0.25) is 0 Å². The number of halogens is 1. The van der Waals surface area contributed by atoms with Gasteiger partial charge in [0.25, 0.3) is 0 Å². The molecular weight excluding hydrogens is 252 g/mol. The van der Waals surface area contributed by atoms with Gasteiger partial charge in [-0.15, -0.1) is 13.2 Å². The van der Waals surface area contributed by atoms with Crippen LogP contribution in [0.15, 0.2) is 25.3 Å². The molecule has 0 aromatic heterocycles. The second kappa shape index (κ2) is 11.0. The number of hydrogen-bond acceptors (Lipinski definition) is 0. The molecule has 0 spiro atoms. The van der Waals surface area contributed by atoms with Crippen molar-refractivity contribution < 1.29 is 17.0 Å². The third-order valence-electron chi connectivity index (χ3n) is 2.05. The Hall–Kier alpha value is 0.943. The van der Waals surface area contributed by atoms with E-state index < -0.39 is 8.07 Å². The Balaban J connectivity index is -0.000000500. The molecule has 0 aliphatic rings. The molecule has 0 radical (unpaired) electrons. The molecule has 0 aromatic rings. The minimum absolute atomic E-state index is 0. The Morgan fingerprint density at radius 1 is 1.23 bits per heavy atom. The van der Waals surface area contributed by atoms with Crippen molar-refractivity contribution in [3.63, 3.8) is 0 Å². The van der Waals surface area contributed by atoms with Crippen molar-refractivity contribution in [2.75, 3.05) is 0 Å². The van der Waals surface area contributed by atoms with E-state index in [0.717, 1.165) is 6.42 Å². The van der Waals surface area contributed by atoms with Gasteiger partial charge in [0, 0.05) is 0 Å². The summed E-state index contributed by atoms with van der Waals surface area (Å²) in [6, 6.07) is 3.70. The van der Waals surface area contributed by atoms with Crippen LogP contribution in [0.3, 0.4) is 0 Å². The monoisotopic (exact) mass is 270 g/mol. The molecule has 0 fully saturated rings. The fraction of sp³-hybridized carbons (Fsp3) is 0.500. The van der Waals surface area contributed by atoms with E-state index in [-0.39, 0.29) is 40.0 Å². The smallest absolute Gasteiger partial charge is 1.00 e. The van der Waals surface area contributed by atoms with E-state index >= 15 is 0 Å². The van der Waals surface area contributed by atoms with Crippen LogP contribution < -0.4 is 17.0 Å². The van der Waals surface area contributed by atoms with Crippen molar-refractivity contribution in [1.29, 1.82) is 0 Å². The maximum absolute atomic E-state index is 3.90. The SMILES string of the molecule is C=CC[Si](C)(CC=C)CC[CH2-].[Br-].[Mg+2]. The third kappa shape index (κ3) is 9.25. The number of rotatable bonds is 6. The first kappa shape index (κ1) is 19.5. The average molecular weight is 272 g/mol. The van der Waals surface area contributed by atoms with Gasteiger partial charge in [-0.25, -0.2) is 0 Å². The van der Waals surface area contributed by atoms with E-state index in [4.69, 9.17) is 0 Å². The van der Waals surface area contributed by atoms with Gasteiger partial charge < -0.3 is 23.9 Å². The van der Waals surface area contributed by atoms with E-state index in [1.165, 1.54) is 18.1 Å². The molecule has 0 atom stereocenters. The molecule has 0 unspecified atom stereocenters. The fourth-order valence-corrected chi connectivity index (χ4v) is 4.23. The summed E-state index contributed by atoms with van der Waals surface area (Å²) < 4.78 is 0. The molecule has 0 rings (SSSR count). The summed E-state index contributed by atoms with van der Waals surface area (Å²) in [5.41, 5.74) is 0. The van der Waals surface area contributed by atoms with Crippen LogP contribution in [0.4, 0.5) is 0 Å². The van der Waals surface area contributed by atoms with Crippen molar-refractivity contribution in [1.82, 2.24) is 0 Å². The Morgan fingerprint density at radius 2 is 1.62 bits per heavy atom. The minimum atomic E-state index is -1.05. The van der Waals surface area contributed by atoms with Gasteiger partial charge in [0.05, 0.1) is 8.07 Å². The zero-order chi connectivity index (χ0) is 8.74. The predicted molar refractivity (Wildman–Crippen MR) is 62.2 cm³/mol. The average Bonchev–Trinajstić information content (AvgIpc) is 1.88. The van der Waals surface area contributed by atoms with Crippen molar-refractivity contribution in [2.24, 2.45) is 0 Å². The summed E-state index contributed by atoms with van der Waals surface area (Å²) in [6.07, 6.45) is 5.15. The Kier molecular flexibility index (Phi) is 16.5. The molecule has 3 heteroatoms. The van der Waals surface area contributed by atoms with Gasteiger partial charge in [-0.2, -0.15) is 6.42 Å². The summed E-state index contributed by atoms with van der Waals surface area (Å²) >= 11 is 0. The van der Waals surface area contributed by atoms with Crippen LogP contribution in [0.25, 0.3) is 0 Å². The Labute approximate surface area is 111 Å². The zero-order valence-electron chi connectivity index (χ0n) is 8.69. The van der Waals surface area contributed by atoms with Crippen LogP contribution in [-0.4, -0.2) is 31.1 Å². The van der Waals surface area contributed by atoms with E-state index in [0.29, 0.717) is 0 Å². The fourth-order valence-electron chi connectivity index (χ4n) is 1.41. The molecular formula is C10H19BrMgSi. The number of allylic oxidation sites excluding steroid dienone is 2. The van der Waals surface area contributed by atoms with E-state index in [9.17, 15) is 0 Å². The van der Waals surface area contributed by atoms with Crippen LogP contribution in [0.5, 0.6) is 0 Å². The van der Waals surface area contributed by atoms with Gasteiger partial charge in [0.15, 0.2) is 0 Å². The predicted octanol–water partition coefficient (Wildman–Crippen LogP) is 0.284. The quantitative estimate of drug-likeness (QED) is 0.370. The minimum Gasteiger partial charge on any atom is -1.00 e. The summed E-state index contributed by atoms with van der Waals surface area (Å²) in [5.74, 6) is 0. The van der Waals surface area contributed by atoms with Gasteiger partial charge in [0.1, 0.15) is 0 Å². The molecule has 0 bridgehead atoms. The van der Waals surface area contributed by atoms with Crippen molar-refractivity contribution in [3.05, 3.63) is 32.2 Å². The van der Waals surface area contributed by atoms with Gasteiger partial charge >= 0.3 is 23.1 Å². The second-order valence-electron chi connectivity index (χ2n) is 3.40. The molecule has 0 aliphatic carbocycles. The van der Waals surface area contributed by atoms with E-state index in [2.05, 4.69) is 26.6 Å². The zero-order valence-corrected chi connectivity index (χ0v) is 12.7. The molecule has 72 valence electrons. The Bertz CT molecular complexity index is 127. The molecule has 0 saturated carbocycles. The number of hydrogen-bond donors (Lipinski definition) is 0. The summed E-state index contributed by atoms with van der Waals surface area (Å²) in [6.45, 7) is 13.9. The van der Waals surface area contributed by atoms with Gasteiger partial charge in [-0.05, 0) is 12.1 Å². The standard InChI is InChI=1S/C10H19Si.BrH.Mg/c1-5-8-11(4,9-6-2)10-7-3;;/h5-6H,1-3,7-10H2,4H3;1H;/q-1;;+2/p-1. The topological polar surface area (TPSA) is 0 Å². The first-order valence-electron chi connectivity index (χ1n) is 4.19. The van der Waals surface area contributed by atoms with E-state index in [1.54, 1.807) is 0 Å². The van der Waals surface area contributed by atoms with Crippen LogP contribution in [0.1, 0.15) is 6.42 Å². The van der Waals surface area contributed by atoms with Crippen LogP contribution in [-0.2, 0) is 0 Å². The molecule has 13 heavy (non-hydrogen) atoms. The van der Waals surface area contributed by atoms with Crippen LogP contribution in [0.2, 0.25) is 24.7 Å². The molecule has 0 aromatic carbocycles. The van der Waals surface area contributed by atoms with Crippen LogP contribution >= 0.6 is 0 Å². The van der Waals surface area contributed by atoms with Crippen molar-refractivity contribution in [2.45, 2.75) is 31.1 Å². The largest absolute Gasteiger partial charge is 2.00 e. The van der Waals surface area contributed by atoms with Crippen molar-refractivity contribution in [3.8, 4) is 0 Å². The maximum Gasteiger partial charge on any atom is 2.00 e. The van der Waals surface area contributed by atoms with E-state index in [1.807, 2.05) is 12.2 Å². The molecule has 0 nitrogen and oxygen atoms in total. The first-order valence-corrected chi connectivity index (χ1v) is 7.31. The molecule has 0 amide bonds. The summed E-state index contributed by atoms with van der Waals surface area (Å²) in [4.78, 5) is 0. The Morgan fingerprint density at radius 3 is 1.85 bits per heavy atom. The first-order chi connectivity index (χ1) is 5.18. The molecule has 0 aliphatic heterocycles. The molecule has 0 saturated heterocycles. The van der Waals surface area contributed by atoms with Crippen molar-refractivity contribution >= 4 is 31.1 Å².